The molecule has 0 aliphatic carbocycles. The van der Waals surface area contributed by atoms with Gasteiger partial charge < -0.3 is 24.4 Å². The third-order valence-electron chi connectivity index (χ3n) is 5.21. The Morgan fingerprint density at radius 2 is 2.04 bits per heavy atom. The predicted molar refractivity (Wildman–Crippen MR) is 102 cm³/mol. The van der Waals surface area contributed by atoms with Crippen molar-refractivity contribution in [1.29, 1.82) is 0 Å². The minimum atomic E-state index is -0.205. The van der Waals surface area contributed by atoms with Crippen LogP contribution in [0.2, 0.25) is 0 Å². The van der Waals surface area contributed by atoms with E-state index in [1.807, 2.05) is 11.0 Å². The number of amides is 2. The number of hydrogen-bond donors (Lipinski definition) is 1. The van der Waals surface area contributed by atoms with E-state index in [4.69, 9.17) is 4.74 Å². The molecule has 2 amide bonds. The average molecular weight is 376 g/mol. The van der Waals surface area contributed by atoms with Crippen molar-refractivity contribution in [2.75, 3.05) is 52.8 Å². The number of likely N-dealkylation sites (N-methyl/N-ethyl adjacent to an activating group) is 1. The molecule has 148 valence electrons. The van der Waals surface area contributed by atoms with Gasteiger partial charge in [0.2, 0.25) is 11.8 Å². The number of methoxy groups -OCH3 is 1. The Morgan fingerprint density at radius 1 is 1.26 bits per heavy atom. The summed E-state index contributed by atoms with van der Waals surface area (Å²) >= 11 is 0. The van der Waals surface area contributed by atoms with E-state index in [0.717, 1.165) is 12.1 Å². The SMILES string of the molecule is COCCC(=O)N1C[C@H]2C[C@H](C1)c1ccc(NC(=O)CN(C)C)c(=O)n1C2. The lowest BCUT2D eigenvalue weighted by Crippen LogP contribution is -2.49. The molecule has 2 aliphatic heterocycles. The number of pyridine rings is 1. The molecule has 2 aliphatic rings. The van der Waals surface area contributed by atoms with Gasteiger partial charge in [-0.2, -0.15) is 0 Å². The van der Waals surface area contributed by atoms with E-state index in [-0.39, 0.29) is 35.8 Å². The van der Waals surface area contributed by atoms with Crippen LogP contribution in [0.4, 0.5) is 5.69 Å². The van der Waals surface area contributed by atoms with Crippen LogP contribution in [-0.2, 0) is 20.9 Å². The van der Waals surface area contributed by atoms with Crippen molar-refractivity contribution in [3.05, 3.63) is 28.2 Å². The maximum atomic E-state index is 12.9. The van der Waals surface area contributed by atoms with Gasteiger partial charge >= 0.3 is 0 Å². The molecule has 2 bridgehead atoms. The van der Waals surface area contributed by atoms with E-state index < -0.39 is 0 Å². The first-order valence-corrected chi connectivity index (χ1v) is 9.34. The first-order valence-electron chi connectivity index (χ1n) is 9.34. The van der Waals surface area contributed by atoms with Gasteiger partial charge in [-0.05, 0) is 38.6 Å². The highest BCUT2D eigenvalue weighted by Crippen LogP contribution is 2.35. The number of fused-ring (bicyclic) bond motifs is 4. The molecule has 0 radical (unpaired) electrons. The molecule has 8 nitrogen and oxygen atoms in total. The number of carbonyl (C=O) groups excluding carboxylic acids is 2. The standard InChI is InChI=1S/C19H28N4O4/c1-21(2)12-17(24)20-15-4-5-16-14-8-13(10-23(16)19(15)26)9-22(11-14)18(25)6-7-27-3/h4-5,13-14H,6-12H2,1-3H3,(H,20,24)/t13-,14-/m1/s1. The van der Waals surface area contributed by atoms with Crippen molar-refractivity contribution in [3.8, 4) is 0 Å². The molecule has 8 heteroatoms. The van der Waals surface area contributed by atoms with Gasteiger partial charge in [0.15, 0.2) is 0 Å². The highest BCUT2D eigenvalue weighted by atomic mass is 16.5. The number of nitrogens with one attached hydrogen (secondary N) is 1. The van der Waals surface area contributed by atoms with Crippen molar-refractivity contribution in [1.82, 2.24) is 14.4 Å². The molecule has 27 heavy (non-hydrogen) atoms. The first kappa shape index (κ1) is 19.6. The lowest BCUT2D eigenvalue weighted by atomic mass is 9.83. The second-order valence-electron chi connectivity index (χ2n) is 7.71. The smallest absolute Gasteiger partial charge is 0.274 e. The molecule has 1 fully saturated rings. The zero-order chi connectivity index (χ0) is 19.6. The van der Waals surface area contributed by atoms with E-state index in [9.17, 15) is 14.4 Å². The van der Waals surface area contributed by atoms with Gasteiger partial charge in [-0.25, -0.2) is 0 Å². The molecule has 1 aromatic rings. The maximum Gasteiger partial charge on any atom is 0.274 e. The molecule has 3 rings (SSSR count). The molecule has 0 aromatic carbocycles. The second-order valence-corrected chi connectivity index (χ2v) is 7.71. The van der Waals surface area contributed by atoms with Crippen molar-refractivity contribution in [3.63, 3.8) is 0 Å². The van der Waals surface area contributed by atoms with Crippen LogP contribution < -0.4 is 10.9 Å². The molecular weight excluding hydrogens is 348 g/mol. The van der Waals surface area contributed by atoms with Crippen LogP contribution in [0.25, 0.3) is 0 Å². The molecule has 1 aromatic heterocycles. The summed E-state index contributed by atoms with van der Waals surface area (Å²) in [6.07, 6.45) is 1.37. The summed E-state index contributed by atoms with van der Waals surface area (Å²) in [5, 5.41) is 2.72. The lowest BCUT2D eigenvalue weighted by Gasteiger charge is -2.43. The molecule has 0 unspecified atom stereocenters. The highest BCUT2D eigenvalue weighted by Gasteiger charge is 2.36. The number of anilines is 1. The monoisotopic (exact) mass is 376 g/mol. The summed E-state index contributed by atoms with van der Waals surface area (Å²) in [5.41, 5.74) is 1.11. The molecule has 3 heterocycles. The van der Waals surface area contributed by atoms with Crippen LogP contribution in [0.1, 0.15) is 24.5 Å². The predicted octanol–water partition coefficient (Wildman–Crippen LogP) is 0.331. The quantitative estimate of drug-likeness (QED) is 0.774. The fourth-order valence-electron chi connectivity index (χ4n) is 4.07. The number of nitrogens with zero attached hydrogens (tertiary/aromatic N) is 3. The number of carbonyl (C=O) groups is 2. The van der Waals surface area contributed by atoms with E-state index in [2.05, 4.69) is 5.32 Å². The number of hydrogen-bond acceptors (Lipinski definition) is 5. The molecule has 0 spiro atoms. The van der Waals surface area contributed by atoms with E-state index in [1.165, 1.54) is 0 Å². The summed E-state index contributed by atoms with van der Waals surface area (Å²) in [7, 11) is 5.20. The van der Waals surface area contributed by atoms with Crippen molar-refractivity contribution < 1.29 is 14.3 Å². The van der Waals surface area contributed by atoms with E-state index >= 15 is 0 Å². The van der Waals surface area contributed by atoms with Gasteiger partial charge in [-0.15, -0.1) is 0 Å². The van der Waals surface area contributed by atoms with E-state index in [0.29, 0.717) is 38.3 Å². The van der Waals surface area contributed by atoms with Crippen molar-refractivity contribution >= 4 is 17.5 Å². The van der Waals surface area contributed by atoms with Crippen LogP contribution in [0, 0.1) is 5.92 Å². The Hall–Kier alpha value is -2.19. The van der Waals surface area contributed by atoms with E-state index in [1.54, 1.807) is 36.7 Å². The van der Waals surface area contributed by atoms with Gasteiger partial charge in [0, 0.05) is 38.4 Å². The fraction of sp³-hybridized carbons (Fsp3) is 0.632. The second kappa shape index (κ2) is 8.22. The number of likely N-dealkylation sites (tertiary alicyclic amines) is 1. The number of piperidine rings is 1. The summed E-state index contributed by atoms with van der Waals surface area (Å²) in [5.74, 6) is 0.315. The first-order chi connectivity index (χ1) is 12.9. The van der Waals surface area contributed by atoms with Crippen molar-refractivity contribution in [2.24, 2.45) is 5.92 Å². The summed E-state index contributed by atoms with van der Waals surface area (Å²) in [6, 6.07) is 3.60. The third-order valence-corrected chi connectivity index (χ3v) is 5.21. The van der Waals surface area contributed by atoms with Crippen LogP contribution in [0.15, 0.2) is 16.9 Å². The Balaban J connectivity index is 1.77. The van der Waals surface area contributed by atoms with Gasteiger partial charge in [-0.3, -0.25) is 14.4 Å². The largest absolute Gasteiger partial charge is 0.384 e. The summed E-state index contributed by atoms with van der Waals surface area (Å²) in [6.45, 7) is 2.53. The van der Waals surface area contributed by atoms with Crippen LogP contribution in [0.5, 0.6) is 0 Å². The number of aromatic nitrogens is 1. The minimum absolute atomic E-state index is 0.106. The zero-order valence-electron chi connectivity index (χ0n) is 16.2. The number of ether oxygens (including phenoxy) is 1. The summed E-state index contributed by atoms with van der Waals surface area (Å²) < 4.78 is 6.79. The fourth-order valence-corrected chi connectivity index (χ4v) is 4.07. The van der Waals surface area contributed by atoms with Gasteiger partial charge in [0.05, 0.1) is 19.6 Å². The maximum absolute atomic E-state index is 12.9. The van der Waals surface area contributed by atoms with Gasteiger partial charge in [0.1, 0.15) is 5.69 Å². The molecular formula is C19H28N4O4. The normalized spacial score (nSPS) is 21.1. The Kier molecular flexibility index (Phi) is 5.96. The third kappa shape index (κ3) is 4.39. The van der Waals surface area contributed by atoms with Crippen LogP contribution >= 0.6 is 0 Å². The minimum Gasteiger partial charge on any atom is -0.384 e. The molecule has 1 N–H and O–H groups in total. The topological polar surface area (TPSA) is 83.9 Å². The Bertz CT molecular complexity index is 773. The summed E-state index contributed by atoms with van der Waals surface area (Å²) in [4.78, 5) is 40.9. The molecule has 0 saturated carbocycles. The zero-order valence-corrected chi connectivity index (χ0v) is 16.2. The highest BCUT2D eigenvalue weighted by molar-refractivity contribution is 5.92. The molecule has 2 atom stereocenters. The molecule has 1 saturated heterocycles. The Morgan fingerprint density at radius 3 is 2.74 bits per heavy atom. The average Bonchev–Trinajstić information content (AvgIpc) is 2.61. The van der Waals surface area contributed by atoms with Crippen LogP contribution in [-0.4, -0.2) is 73.6 Å². The van der Waals surface area contributed by atoms with Gasteiger partial charge in [0.25, 0.3) is 5.56 Å². The van der Waals surface area contributed by atoms with Gasteiger partial charge in [-0.1, -0.05) is 0 Å². The Labute approximate surface area is 159 Å². The van der Waals surface area contributed by atoms with Crippen molar-refractivity contribution in [2.45, 2.75) is 25.3 Å². The number of rotatable bonds is 6. The lowest BCUT2D eigenvalue weighted by molar-refractivity contribution is -0.134. The van der Waals surface area contributed by atoms with Crippen LogP contribution in [0.3, 0.4) is 0 Å².